The molecule has 3 nitrogen and oxygen atoms in total. The van der Waals surface area contributed by atoms with Crippen LogP contribution in [0.4, 0.5) is 26.3 Å². The molecule has 3 N–H and O–H groups in total. The van der Waals surface area contributed by atoms with E-state index in [1.165, 1.54) is 18.2 Å². The van der Waals surface area contributed by atoms with Crippen molar-refractivity contribution in [3.63, 3.8) is 0 Å². The van der Waals surface area contributed by atoms with E-state index in [1.54, 1.807) is 18.2 Å². The fourth-order valence-corrected chi connectivity index (χ4v) is 3.27. The minimum absolute atomic E-state index is 0.0371. The van der Waals surface area contributed by atoms with E-state index < -0.39 is 41.1 Å². The van der Waals surface area contributed by atoms with Crippen LogP contribution >= 0.6 is 0 Å². The summed E-state index contributed by atoms with van der Waals surface area (Å²) in [5, 5.41) is 2.64. The van der Waals surface area contributed by atoms with Crippen LogP contribution in [-0.2, 0) is 12.6 Å². The highest BCUT2D eigenvalue weighted by Gasteiger charge is 2.30. The average molecular weight is 466 g/mol. The maximum absolute atomic E-state index is 13.7. The number of alkyl halides is 3. The molecule has 0 aliphatic carbocycles. The lowest BCUT2D eigenvalue weighted by atomic mass is 10.0. The molecule has 0 heterocycles. The Labute approximate surface area is 186 Å². The molecule has 0 radical (unpaired) electrons. The van der Waals surface area contributed by atoms with Crippen LogP contribution in [0.15, 0.2) is 60.7 Å². The molecule has 3 rings (SSSR count). The lowest BCUT2D eigenvalue weighted by molar-refractivity contribution is -0.137. The van der Waals surface area contributed by atoms with Gasteiger partial charge < -0.3 is 11.1 Å². The standard InChI is InChI=1S/C24H20F6N2O/c25-20-13-22(27)21(26)12-17(20)11-19(31)8-9-32-23(33)15-6-4-14(5-7-15)16-2-1-3-18(10-16)24(28,29)30/h1-7,10,12-13,19H,8-9,11,31H2,(H,32,33)/t19-/m0/s1. The van der Waals surface area contributed by atoms with Crippen LogP contribution < -0.4 is 11.1 Å². The molecule has 1 atom stereocenters. The van der Waals surface area contributed by atoms with Crippen molar-refractivity contribution in [3.8, 4) is 11.1 Å². The smallest absolute Gasteiger partial charge is 0.352 e. The minimum atomic E-state index is -4.45. The van der Waals surface area contributed by atoms with Gasteiger partial charge in [-0.2, -0.15) is 13.2 Å². The molecule has 0 aromatic heterocycles. The van der Waals surface area contributed by atoms with Gasteiger partial charge in [0.25, 0.3) is 5.91 Å². The first-order chi connectivity index (χ1) is 15.5. The van der Waals surface area contributed by atoms with Crippen molar-refractivity contribution in [1.29, 1.82) is 0 Å². The van der Waals surface area contributed by atoms with Crippen molar-refractivity contribution >= 4 is 5.91 Å². The molecule has 174 valence electrons. The second-order valence-electron chi connectivity index (χ2n) is 7.52. The van der Waals surface area contributed by atoms with Gasteiger partial charge in [0.15, 0.2) is 11.6 Å². The van der Waals surface area contributed by atoms with Crippen molar-refractivity contribution in [2.45, 2.75) is 25.1 Å². The molecule has 0 saturated carbocycles. The number of amides is 1. The van der Waals surface area contributed by atoms with E-state index in [1.807, 2.05) is 0 Å². The lowest BCUT2D eigenvalue weighted by Gasteiger charge is -2.13. The number of carbonyl (C=O) groups is 1. The largest absolute Gasteiger partial charge is 0.416 e. The van der Waals surface area contributed by atoms with Gasteiger partial charge in [0.05, 0.1) is 5.56 Å². The molecule has 0 bridgehead atoms. The van der Waals surface area contributed by atoms with Gasteiger partial charge in [0, 0.05) is 24.2 Å². The van der Waals surface area contributed by atoms with Crippen molar-refractivity contribution < 1.29 is 31.1 Å². The fourth-order valence-electron chi connectivity index (χ4n) is 3.27. The van der Waals surface area contributed by atoms with Gasteiger partial charge in [-0.15, -0.1) is 0 Å². The normalized spacial score (nSPS) is 12.5. The molecular formula is C24H20F6N2O. The van der Waals surface area contributed by atoms with E-state index in [4.69, 9.17) is 5.73 Å². The van der Waals surface area contributed by atoms with Gasteiger partial charge >= 0.3 is 6.18 Å². The summed E-state index contributed by atoms with van der Waals surface area (Å²) in [6, 6.07) is 11.6. The van der Waals surface area contributed by atoms with E-state index in [0.717, 1.165) is 18.2 Å². The quantitative estimate of drug-likeness (QED) is 0.358. The Morgan fingerprint density at radius 1 is 0.879 bits per heavy atom. The van der Waals surface area contributed by atoms with Crippen LogP contribution in [0.3, 0.4) is 0 Å². The first kappa shape index (κ1) is 24.3. The van der Waals surface area contributed by atoms with E-state index >= 15 is 0 Å². The van der Waals surface area contributed by atoms with Gasteiger partial charge in [-0.05, 0) is 59.9 Å². The lowest BCUT2D eigenvalue weighted by Crippen LogP contribution is -2.31. The number of rotatable bonds is 7. The maximum atomic E-state index is 13.7. The summed E-state index contributed by atoms with van der Waals surface area (Å²) in [6.45, 7) is 0.153. The summed E-state index contributed by atoms with van der Waals surface area (Å²) >= 11 is 0. The van der Waals surface area contributed by atoms with Crippen molar-refractivity contribution in [2.24, 2.45) is 5.73 Å². The highest BCUT2D eigenvalue weighted by Crippen LogP contribution is 2.32. The van der Waals surface area contributed by atoms with Crippen molar-refractivity contribution in [3.05, 3.63) is 94.8 Å². The van der Waals surface area contributed by atoms with Gasteiger partial charge in [-0.1, -0.05) is 24.3 Å². The van der Waals surface area contributed by atoms with Crippen LogP contribution in [0.5, 0.6) is 0 Å². The maximum Gasteiger partial charge on any atom is 0.416 e. The first-order valence-electron chi connectivity index (χ1n) is 9.99. The number of nitrogens with two attached hydrogens (primary N) is 1. The zero-order valence-electron chi connectivity index (χ0n) is 17.2. The number of nitrogens with one attached hydrogen (secondary N) is 1. The second-order valence-corrected chi connectivity index (χ2v) is 7.52. The van der Waals surface area contributed by atoms with Crippen molar-refractivity contribution in [1.82, 2.24) is 5.32 Å². The summed E-state index contributed by atoms with van der Waals surface area (Å²) < 4.78 is 78.7. The molecule has 9 heteroatoms. The summed E-state index contributed by atoms with van der Waals surface area (Å²) in [4.78, 5) is 12.3. The predicted molar refractivity (Wildman–Crippen MR) is 112 cm³/mol. The Hall–Kier alpha value is -3.33. The summed E-state index contributed by atoms with van der Waals surface area (Å²) in [5.41, 5.74) is 6.27. The van der Waals surface area contributed by atoms with Crippen LogP contribution in [0.1, 0.15) is 27.9 Å². The number of carbonyl (C=O) groups excluding carboxylic acids is 1. The monoisotopic (exact) mass is 466 g/mol. The molecule has 0 spiro atoms. The van der Waals surface area contributed by atoms with E-state index in [9.17, 15) is 31.1 Å². The fraction of sp³-hybridized carbons (Fsp3) is 0.208. The van der Waals surface area contributed by atoms with Gasteiger partial charge in [0.2, 0.25) is 0 Å². The second kappa shape index (κ2) is 10.1. The Bertz CT molecular complexity index is 1130. The molecular weight excluding hydrogens is 446 g/mol. The third-order valence-corrected chi connectivity index (χ3v) is 5.04. The van der Waals surface area contributed by atoms with Gasteiger partial charge in [-0.3, -0.25) is 4.79 Å². The number of hydrogen-bond acceptors (Lipinski definition) is 2. The van der Waals surface area contributed by atoms with Crippen LogP contribution in [-0.4, -0.2) is 18.5 Å². The van der Waals surface area contributed by atoms with E-state index in [2.05, 4.69) is 5.32 Å². The average Bonchev–Trinajstić information content (AvgIpc) is 2.77. The van der Waals surface area contributed by atoms with Crippen LogP contribution in [0, 0.1) is 17.5 Å². The van der Waals surface area contributed by atoms with Gasteiger partial charge in [0.1, 0.15) is 5.82 Å². The molecule has 3 aromatic carbocycles. The highest BCUT2D eigenvalue weighted by atomic mass is 19.4. The Morgan fingerprint density at radius 2 is 1.55 bits per heavy atom. The Balaban J connectivity index is 1.54. The van der Waals surface area contributed by atoms with Crippen LogP contribution in [0.25, 0.3) is 11.1 Å². The summed E-state index contributed by atoms with van der Waals surface area (Å²) in [6.07, 6.45) is -4.23. The van der Waals surface area contributed by atoms with Crippen LogP contribution in [0.2, 0.25) is 0 Å². The zero-order chi connectivity index (χ0) is 24.2. The number of benzene rings is 3. The third kappa shape index (κ3) is 6.35. The first-order valence-corrected chi connectivity index (χ1v) is 9.99. The molecule has 0 unspecified atom stereocenters. The topological polar surface area (TPSA) is 55.1 Å². The SMILES string of the molecule is N[C@@H](CCNC(=O)c1ccc(-c2cccc(C(F)(F)F)c2)cc1)Cc1cc(F)c(F)cc1F. The van der Waals surface area contributed by atoms with E-state index in [0.29, 0.717) is 22.8 Å². The third-order valence-electron chi connectivity index (χ3n) is 5.04. The van der Waals surface area contributed by atoms with E-state index in [-0.39, 0.29) is 24.9 Å². The van der Waals surface area contributed by atoms with Gasteiger partial charge in [-0.25, -0.2) is 13.2 Å². The molecule has 0 fully saturated rings. The molecule has 0 saturated heterocycles. The molecule has 0 aliphatic heterocycles. The summed E-state index contributed by atoms with van der Waals surface area (Å²) in [5.74, 6) is -3.76. The molecule has 0 aliphatic rings. The van der Waals surface area contributed by atoms with Crippen molar-refractivity contribution in [2.75, 3.05) is 6.54 Å². The molecule has 1 amide bonds. The Kier molecular flexibility index (Phi) is 7.43. The highest BCUT2D eigenvalue weighted by molar-refractivity contribution is 5.94. The summed E-state index contributed by atoms with van der Waals surface area (Å²) in [7, 11) is 0. The Morgan fingerprint density at radius 3 is 2.21 bits per heavy atom. The molecule has 33 heavy (non-hydrogen) atoms. The number of halogens is 6. The minimum Gasteiger partial charge on any atom is -0.352 e. The number of hydrogen-bond donors (Lipinski definition) is 2. The molecule has 3 aromatic rings. The zero-order valence-corrected chi connectivity index (χ0v) is 17.2. The predicted octanol–water partition coefficient (Wildman–Crippen LogP) is 5.48.